The van der Waals surface area contributed by atoms with E-state index < -0.39 is 0 Å². The van der Waals surface area contributed by atoms with E-state index in [0.29, 0.717) is 5.76 Å². The van der Waals surface area contributed by atoms with Crippen LogP contribution in [-0.2, 0) is 6.42 Å². The van der Waals surface area contributed by atoms with Crippen LogP contribution >= 0.6 is 0 Å². The summed E-state index contributed by atoms with van der Waals surface area (Å²) in [5.74, 6) is 1.20. The first-order valence-corrected chi connectivity index (χ1v) is 5.83. The number of aldehydes is 1. The lowest BCUT2D eigenvalue weighted by Gasteiger charge is -2.01. The Morgan fingerprint density at radius 3 is 3.11 bits per heavy atom. The molecule has 0 aliphatic heterocycles. The van der Waals surface area contributed by atoms with Gasteiger partial charge in [-0.3, -0.25) is 4.79 Å². The van der Waals surface area contributed by atoms with Gasteiger partial charge in [-0.25, -0.2) is 4.98 Å². The lowest BCUT2D eigenvalue weighted by molar-refractivity contribution is 0.109. The molecule has 0 N–H and O–H groups in total. The van der Waals surface area contributed by atoms with E-state index in [0.717, 1.165) is 35.2 Å². The molecule has 0 fully saturated rings. The third kappa shape index (κ3) is 1.62. The monoisotopic (exact) mass is 240 g/mol. The van der Waals surface area contributed by atoms with Gasteiger partial charge >= 0.3 is 0 Å². The van der Waals surface area contributed by atoms with Gasteiger partial charge in [-0.05, 0) is 18.2 Å². The van der Waals surface area contributed by atoms with Crippen molar-refractivity contribution in [3.8, 4) is 11.1 Å². The van der Waals surface area contributed by atoms with Crippen LogP contribution in [0.3, 0.4) is 0 Å². The van der Waals surface area contributed by atoms with Crippen LogP contribution in [0.4, 0.5) is 0 Å². The molecule has 0 aliphatic rings. The molecular formula is C14H12N2O2. The van der Waals surface area contributed by atoms with Gasteiger partial charge in [0.05, 0.1) is 0 Å². The zero-order valence-corrected chi connectivity index (χ0v) is 9.96. The van der Waals surface area contributed by atoms with Crippen LogP contribution in [0.1, 0.15) is 23.2 Å². The number of imidazole rings is 1. The predicted octanol–water partition coefficient (Wildman–Crippen LogP) is 2.97. The summed E-state index contributed by atoms with van der Waals surface area (Å²) < 4.78 is 7.41. The minimum Gasteiger partial charge on any atom is -0.458 e. The molecule has 3 rings (SSSR count). The van der Waals surface area contributed by atoms with E-state index in [9.17, 15) is 4.79 Å². The van der Waals surface area contributed by atoms with E-state index in [1.165, 1.54) is 0 Å². The Bertz CT molecular complexity index is 709. The van der Waals surface area contributed by atoms with E-state index in [4.69, 9.17) is 4.42 Å². The van der Waals surface area contributed by atoms with E-state index in [-0.39, 0.29) is 0 Å². The van der Waals surface area contributed by atoms with Gasteiger partial charge in [0.25, 0.3) is 0 Å². The third-order valence-corrected chi connectivity index (χ3v) is 2.97. The second kappa shape index (κ2) is 4.14. The predicted molar refractivity (Wildman–Crippen MR) is 67.7 cm³/mol. The molecule has 0 atom stereocenters. The van der Waals surface area contributed by atoms with Crippen molar-refractivity contribution >= 4 is 11.9 Å². The van der Waals surface area contributed by atoms with E-state index >= 15 is 0 Å². The number of aryl methyl sites for hydroxylation is 1. The molecule has 0 spiro atoms. The Morgan fingerprint density at radius 1 is 1.44 bits per heavy atom. The van der Waals surface area contributed by atoms with Crippen molar-refractivity contribution in [3.05, 3.63) is 48.3 Å². The molecule has 3 aromatic rings. The molecule has 0 aliphatic carbocycles. The summed E-state index contributed by atoms with van der Waals surface area (Å²) >= 11 is 0. The molecule has 0 radical (unpaired) electrons. The SMILES string of the molecule is CCc1oc(C=O)cc1-c1ccc2nccn2c1. The number of carbonyl (C=O) groups is 1. The molecule has 90 valence electrons. The van der Waals surface area contributed by atoms with Crippen LogP contribution in [0.15, 0.2) is 41.2 Å². The molecule has 4 heteroatoms. The molecular weight excluding hydrogens is 228 g/mol. The maximum absolute atomic E-state index is 10.8. The van der Waals surface area contributed by atoms with Gasteiger partial charge in [0.15, 0.2) is 12.0 Å². The Kier molecular flexibility index (Phi) is 2.48. The van der Waals surface area contributed by atoms with Gasteiger partial charge in [0.1, 0.15) is 11.4 Å². The van der Waals surface area contributed by atoms with Crippen molar-refractivity contribution in [2.45, 2.75) is 13.3 Å². The highest BCUT2D eigenvalue weighted by molar-refractivity contribution is 5.77. The zero-order chi connectivity index (χ0) is 12.5. The average Bonchev–Trinajstić information content (AvgIpc) is 3.03. The number of pyridine rings is 1. The molecule has 4 nitrogen and oxygen atoms in total. The first-order valence-electron chi connectivity index (χ1n) is 5.83. The number of hydrogen-bond donors (Lipinski definition) is 0. The Labute approximate surface area is 104 Å². The first kappa shape index (κ1) is 10.8. The van der Waals surface area contributed by atoms with Crippen molar-refractivity contribution in [2.24, 2.45) is 0 Å². The highest BCUT2D eigenvalue weighted by atomic mass is 16.3. The smallest absolute Gasteiger partial charge is 0.185 e. The number of nitrogens with zero attached hydrogens (tertiary/aromatic N) is 2. The number of rotatable bonds is 3. The summed E-state index contributed by atoms with van der Waals surface area (Å²) in [6.07, 6.45) is 7.13. The topological polar surface area (TPSA) is 47.5 Å². The summed E-state index contributed by atoms with van der Waals surface area (Å²) in [5.41, 5.74) is 2.89. The molecule has 3 heterocycles. The quantitative estimate of drug-likeness (QED) is 0.661. The van der Waals surface area contributed by atoms with Crippen LogP contribution < -0.4 is 0 Å². The molecule has 0 unspecified atom stereocenters. The number of hydrogen-bond acceptors (Lipinski definition) is 3. The standard InChI is InChI=1S/C14H12N2O2/c1-2-13-12(7-11(9-17)18-13)10-3-4-14-15-5-6-16(14)8-10/h3-9H,2H2,1H3. The second-order valence-electron chi connectivity index (χ2n) is 4.07. The highest BCUT2D eigenvalue weighted by Gasteiger charge is 2.11. The fourth-order valence-electron chi connectivity index (χ4n) is 2.09. The maximum Gasteiger partial charge on any atom is 0.185 e. The van der Waals surface area contributed by atoms with Crippen LogP contribution in [-0.4, -0.2) is 15.7 Å². The van der Waals surface area contributed by atoms with E-state index in [1.54, 1.807) is 12.3 Å². The molecule has 0 aromatic carbocycles. The van der Waals surface area contributed by atoms with Crippen LogP contribution in [0.2, 0.25) is 0 Å². The summed E-state index contributed by atoms with van der Waals surface area (Å²) in [6.45, 7) is 2.01. The lowest BCUT2D eigenvalue weighted by atomic mass is 10.1. The van der Waals surface area contributed by atoms with Crippen LogP contribution in [0.5, 0.6) is 0 Å². The van der Waals surface area contributed by atoms with Crippen molar-refractivity contribution in [1.29, 1.82) is 0 Å². The molecule has 0 saturated carbocycles. The minimum atomic E-state index is 0.368. The highest BCUT2D eigenvalue weighted by Crippen LogP contribution is 2.27. The maximum atomic E-state index is 10.8. The van der Waals surface area contributed by atoms with Gasteiger partial charge < -0.3 is 8.82 Å². The van der Waals surface area contributed by atoms with Crippen LogP contribution in [0.25, 0.3) is 16.8 Å². The van der Waals surface area contributed by atoms with Gasteiger partial charge in [0, 0.05) is 36.1 Å². The van der Waals surface area contributed by atoms with Crippen molar-refractivity contribution in [2.75, 3.05) is 0 Å². The number of fused-ring (bicyclic) bond motifs is 1. The Morgan fingerprint density at radius 2 is 2.33 bits per heavy atom. The summed E-state index contributed by atoms with van der Waals surface area (Å²) in [7, 11) is 0. The normalized spacial score (nSPS) is 10.9. The molecule has 18 heavy (non-hydrogen) atoms. The lowest BCUT2D eigenvalue weighted by Crippen LogP contribution is -1.87. The fraction of sp³-hybridized carbons (Fsp3) is 0.143. The summed E-state index contributed by atoms with van der Waals surface area (Å²) in [4.78, 5) is 15.0. The van der Waals surface area contributed by atoms with Gasteiger partial charge in [-0.1, -0.05) is 6.92 Å². The fourth-order valence-corrected chi connectivity index (χ4v) is 2.09. The van der Waals surface area contributed by atoms with E-state index in [2.05, 4.69) is 4.98 Å². The summed E-state index contributed by atoms with van der Waals surface area (Å²) in [6, 6.07) is 5.72. The molecule has 0 saturated heterocycles. The largest absolute Gasteiger partial charge is 0.458 e. The minimum absolute atomic E-state index is 0.368. The second-order valence-corrected chi connectivity index (χ2v) is 4.07. The number of carbonyl (C=O) groups excluding carboxylic acids is 1. The first-order chi connectivity index (χ1) is 8.81. The summed E-state index contributed by atoms with van der Waals surface area (Å²) in [5, 5.41) is 0. The van der Waals surface area contributed by atoms with Crippen LogP contribution in [0, 0.1) is 0 Å². The van der Waals surface area contributed by atoms with Crippen molar-refractivity contribution < 1.29 is 9.21 Å². The average molecular weight is 240 g/mol. The third-order valence-electron chi connectivity index (χ3n) is 2.97. The van der Waals surface area contributed by atoms with Gasteiger partial charge in [-0.15, -0.1) is 0 Å². The molecule has 3 aromatic heterocycles. The number of furan rings is 1. The molecule has 0 amide bonds. The number of aromatic nitrogens is 2. The zero-order valence-electron chi connectivity index (χ0n) is 9.96. The van der Waals surface area contributed by atoms with E-state index in [1.807, 2.05) is 35.9 Å². The van der Waals surface area contributed by atoms with Gasteiger partial charge in [0.2, 0.25) is 0 Å². The Balaban J connectivity index is 2.17. The van der Waals surface area contributed by atoms with Gasteiger partial charge in [-0.2, -0.15) is 0 Å². The van der Waals surface area contributed by atoms with Crippen molar-refractivity contribution in [1.82, 2.24) is 9.38 Å². The van der Waals surface area contributed by atoms with Crippen molar-refractivity contribution in [3.63, 3.8) is 0 Å². The Hall–Kier alpha value is -2.36. The molecule has 0 bridgehead atoms.